The molecule has 0 saturated heterocycles. The van der Waals surface area contributed by atoms with Crippen molar-refractivity contribution in [2.45, 2.75) is 0 Å². The van der Waals surface area contributed by atoms with E-state index in [-0.39, 0.29) is 12.4 Å². The fourth-order valence-electron chi connectivity index (χ4n) is 8.93. The summed E-state index contributed by atoms with van der Waals surface area (Å²) in [5.74, 6) is 0.0724. The molecule has 2 aliphatic heterocycles. The van der Waals surface area contributed by atoms with Gasteiger partial charge in [-0.2, -0.15) is 0 Å². The molecule has 2 aliphatic rings. The van der Waals surface area contributed by atoms with Crippen molar-refractivity contribution in [2.75, 3.05) is 9.80 Å². The maximum Gasteiger partial charge on any atom is 0.257 e. The molecule has 0 fully saturated rings. The summed E-state index contributed by atoms with van der Waals surface area (Å²) >= 11 is 0. The van der Waals surface area contributed by atoms with Crippen LogP contribution in [0.15, 0.2) is 200 Å². The fourth-order valence-corrected chi connectivity index (χ4v) is 8.93. The van der Waals surface area contributed by atoms with Crippen LogP contribution in [0, 0.1) is 11.6 Å². The lowest BCUT2D eigenvalue weighted by atomic mass is 9.33. The molecule has 11 rings (SSSR count). The average molecular weight is 751 g/mol. The highest BCUT2D eigenvalue weighted by atomic mass is 19.1. The molecule has 0 aliphatic carbocycles. The summed E-state index contributed by atoms with van der Waals surface area (Å²) in [6, 6.07) is 65.8. The summed E-state index contributed by atoms with van der Waals surface area (Å²) in [5.41, 5.74) is 10.3. The first-order valence-electron chi connectivity index (χ1n) is 19.4. The Morgan fingerprint density at radius 1 is 0.431 bits per heavy atom. The maximum absolute atomic E-state index is 16.7. The van der Waals surface area contributed by atoms with Crippen LogP contribution in [-0.4, -0.2) is 6.71 Å². The summed E-state index contributed by atoms with van der Waals surface area (Å²) in [5, 5.41) is 2.08. The van der Waals surface area contributed by atoms with Gasteiger partial charge in [0.25, 0.3) is 6.71 Å². The molecule has 0 saturated carbocycles. The van der Waals surface area contributed by atoms with Crippen molar-refractivity contribution in [3.63, 3.8) is 0 Å². The molecule has 3 nitrogen and oxygen atoms in total. The van der Waals surface area contributed by atoms with Gasteiger partial charge in [-0.3, -0.25) is 0 Å². The van der Waals surface area contributed by atoms with Gasteiger partial charge in [0.2, 0.25) is 0 Å². The summed E-state index contributed by atoms with van der Waals surface area (Å²) in [6.45, 7) is -0.319. The normalized spacial score (nSPS) is 12.4. The van der Waals surface area contributed by atoms with Crippen LogP contribution in [-0.2, 0) is 0 Å². The van der Waals surface area contributed by atoms with Crippen LogP contribution in [0.3, 0.4) is 0 Å². The van der Waals surface area contributed by atoms with E-state index < -0.39 is 11.6 Å². The number of hydrogen-bond acceptors (Lipinski definition) is 3. The molecule has 0 radical (unpaired) electrons. The van der Waals surface area contributed by atoms with Crippen LogP contribution in [0.4, 0.5) is 42.9 Å². The Bertz CT molecular complexity index is 2950. The van der Waals surface area contributed by atoms with Crippen LogP contribution < -0.4 is 30.9 Å². The van der Waals surface area contributed by atoms with E-state index in [0.717, 1.165) is 66.7 Å². The number of halogens is 2. The SMILES string of the molecule is Fc1cc(-c2ccccc2)cc(F)c1N1c2ccc(-c3ccccc3)cc2B2c3c(cccc31)Oc1cc(N(c3ccccc3)c3ccccc3)c3ccccc3c12. The fraction of sp³-hybridized carbons (Fsp3) is 0. The molecule has 9 aromatic rings. The number of anilines is 6. The van der Waals surface area contributed by atoms with Gasteiger partial charge in [0.1, 0.15) is 17.2 Å². The quantitative estimate of drug-likeness (QED) is 0.157. The molecule has 0 bridgehead atoms. The molecule has 0 N–H and O–H groups in total. The lowest BCUT2D eigenvalue weighted by molar-refractivity contribution is 0.488. The van der Waals surface area contributed by atoms with Gasteiger partial charge in [-0.05, 0) is 98.6 Å². The Hall–Kier alpha value is -7.44. The van der Waals surface area contributed by atoms with Gasteiger partial charge in [0.15, 0.2) is 11.6 Å². The smallest absolute Gasteiger partial charge is 0.257 e. The van der Waals surface area contributed by atoms with Crippen LogP contribution in [0.5, 0.6) is 11.5 Å². The predicted molar refractivity (Wildman–Crippen MR) is 235 cm³/mol. The number of hydrogen-bond donors (Lipinski definition) is 0. The minimum Gasteiger partial charge on any atom is -0.458 e. The predicted octanol–water partition coefficient (Wildman–Crippen LogP) is 12.3. The molecule has 6 heteroatoms. The second-order valence-electron chi connectivity index (χ2n) is 14.7. The van der Waals surface area contributed by atoms with Crippen molar-refractivity contribution < 1.29 is 13.5 Å². The summed E-state index contributed by atoms with van der Waals surface area (Å²) in [7, 11) is 0. The van der Waals surface area contributed by atoms with Crippen molar-refractivity contribution >= 4 is 68.0 Å². The van der Waals surface area contributed by atoms with E-state index in [1.165, 1.54) is 12.1 Å². The third-order valence-electron chi connectivity index (χ3n) is 11.4. The largest absolute Gasteiger partial charge is 0.458 e. The first-order valence-corrected chi connectivity index (χ1v) is 19.4. The summed E-state index contributed by atoms with van der Waals surface area (Å²) in [6.07, 6.45) is 0. The molecule has 0 unspecified atom stereocenters. The Balaban J connectivity index is 1.18. The van der Waals surface area contributed by atoms with Crippen LogP contribution in [0.25, 0.3) is 33.0 Å². The molecular formula is C52H33BF2N2O. The number of rotatable bonds is 6. The number of nitrogens with zero attached hydrogens (tertiary/aromatic N) is 2. The molecular weight excluding hydrogens is 717 g/mol. The van der Waals surface area contributed by atoms with Crippen LogP contribution in [0.2, 0.25) is 0 Å². The van der Waals surface area contributed by atoms with E-state index in [2.05, 4.69) is 102 Å². The van der Waals surface area contributed by atoms with Crippen molar-refractivity contribution in [1.82, 2.24) is 0 Å². The highest BCUT2D eigenvalue weighted by Gasteiger charge is 2.44. The van der Waals surface area contributed by atoms with E-state index in [9.17, 15) is 0 Å². The van der Waals surface area contributed by atoms with Gasteiger partial charge in [0.05, 0.1) is 5.69 Å². The maximum atomic E-state index is 16.7. The molecule has 0 amide bonds. The molecule has 274 valence electrons. The standard InChI is InChI=1S/C52H33BF2N2O/c54-43-31-37(35-18-7-2-8-19-35)32-44(55)52(43)57-45-29-28-36(34-16-5-1-6-17-34)30-42(45)53-50-41-25-14-13-24-40(41)47(33-49(50)58-48-27-15-26-46(57)51(48)53)56(38-20-9-3-10-21-38)39-22-11-4-12-23-39/h1-33H. The molecule has 0 spiro atoms. The van der Waals surface area contributed by atoms with E-state index in [1.807, 2.05) is 91.0 Å². The minimum atomic E-state index is -0.651. The molecule has 9 aromatic carbocycles. The van der Waals surface area contributed by atoms with Crippen LogP contribution >= 0.6 is 0 Å². The van der Waals surface area contributed by atoms with E-state index in [0.29, 0.717) is 22.7 Å². The van der Waals surface area contributed by atoms with Crippen molar-refractivity contribution in [2.24, 2.45) is 0 Å². The summed E-state index contributed by atoms with van der Waals surface area (Å²) in [4.78, 5) is 4.02. The highest BCUT2D eigenvalue weighted by Crippen LogP contribution is 2.47. The second-order valence-corrected chi connectivity index (χ2v) is 14.7. The zero-order valence-electron chi connectivity index (χ0n) is 31.2. The Labute approximate surface area is 335 Å². The first kappa shape index (κ1) is 33.9. The van der Waals surface area contributed by atoms with Gasteiger partial charge < -0.3 is 14.5 Å². The zero-order valence-corrected chi connectivity index (χ0v) is 31.2. The lowest BCUT2D eigenvalue weighted by Crippen LogP contribution is -2.59. The molecule has 0 aromatic heterocycles. The highest BCUT2D eigenvalue weighted by molar-refractivity contribution is 7.00. The number of benzene rings is 9. The van der Waals surface area contributed by atoms with Gasteiger partial charge in [-0.1, -0.05) is 140 Å². The number of para-hydroxylation sites is 2. The lowest BCUT2D eigenvalue weighted by Gasteiger charge is -2.41. The van der Waals surface area contributed by atoms with Crippen LogP contribution in [0.1, 0.15) is 0 Å². The van der Waals surface area contributed by atoms with E-state index >= 15 is 8.78 Å². The zero-order chi connectivity index (χ0) is 38.7. The monoisotopic (exact) mass is 750 g/mol. The third kappa shape index (κ3) is 5.41. The van der Waals surface area contributed by atoms with E-state index in [1.54, 1.807) is 4.90 Å². The Kier molecular flexibility index (Phi) is 7.97. The first-order chi connectivity index (χ1) is 28.6. The minimum absolute atomic E-state index is 0.132. The molecule has 0 atom stereocenters. The number of fused-ring (bicyclic) bond motifs is 6. The van der Waals surface area contributed by atoms with Gasteiger partial charge in [-0.15, -0.1) is 0 Å². The third-order valence-corrected chi connectivity index (χ3v) is 11.4. The molecule has 58 heavy (non-hydrogen) atoms. The number of ether oxygens (including phenoxy) is 1. The van der Waals surface area contributed by atoms with E-state index in [4.69, 9.17) is 4.74 Å². The summed E-state index contributed by atoms with van der Waals surface area (Å²) < 4.78 is 40.5. The van der Waals surface area contributed by atoms with Crippen molar-refractivity contribution in [3.8, 4) is 33.8 Å². The van der Waals surface area contributed by atoms with Crippen molar-refractivity contribution in [3.05, 3.63) is 212 Å². The second kappa shape index (κ2) is 13.6. The van der Waals surface area contributed by atoms with Crippen molar-refractivity contribution in [1.29, 1.82) is 0 Å². The van der Waals surface area contributed by atoms with Gasteiger partial charge >= 0.3 is 0 Å². The topological polar surface area (TPSA) is 15.7 Å². The Morgan fingerprint density at radius 2 is 1.00 bits per heavy atom. The Morgan fingerprint density at radius 3 is 1.64 bits per heavy atom. The van der Waals surface area contributed by atoms with Gasteiger partial charge in [0, 0.05) is 34.2 Å². The molecule has 2 heterocycles. The average Bonchev–Trinajstić information content (AvgIpc) is 3.28. The van der Waals surface area contributed by atoms with Gasteiger partial charge in [-0.25, -0.2) is 8.78 Å².